The Kier molecular flexibility index (Phi) is 7.11. The maximum atomic E-state index is 13.3. The highest BCUT2D eigenvalue weighted by Crippen LogP contribution is 2.31. The summed E-state index contributed by atoms with van der Waals surface area (Å²) in [6.07, 6.45) is 0. The van der Waals surface area contributed by atoms with E-state index in [1.54, 1.807) is 22.7 Å². The van der Waals surface area contributed by atoms with E-state index >= 15 is 0 Å². The van der Waals surface area contributed by atoms with E-state index in [1.165, 1.54) is 9.75 Å². The van der Waals surface area contributed by atoms with Crippen LogP contribution >= 0.6 is 22.7 Å². The maximum Gasteiger partial charge on any atom is 0.252 e. The van der Waals surface area contributed by atoms with Crippen molar-refractivity contribution in [3.05, 3.63) is 106 Å². The van der Waals surface area contributed by atoms with Gasteiger partial charge in [0.1, 0.15) is 0 Å². The van der Waals surface area contributed by atoms with Gasteiger partial charge >= 0.3 is 0 Å². The van der Waals surface area contributed by atoms with Crippen LogP contribution in [0.1, 0.15) is 30.5 Å². The van der Waals surface area contributed by atoms with Crippen LogP contribution in [0.3, 0.4) is 0 Å². The minimum Gasteiger partial charge on any atom is -0.350 e. The minimum absolute atomic E-state index is 0.202. The summed E-state index contributed by atoms with van der Waals surface area (Å²) in [5, 5.41) is 7.53. The molecular weight excluding hydrogens is 537 g/mol. The molecule has 0 aliphatic heterocycles. The van der Waals surface area contributed by atoms with Gasteiger partial charge in [-0.25, -0.2) is 9.97 Å². The second kappa shape index (κ2) is 11.0. The lowest BCUT2D eigenvalue weighted by Crippen LogP contribution is -2.35. The summed E-state index contributed by atoms with van der Waals surface area (Å²) in [5.41, 5.74) is 4.22. The molecule has 6 nitrogen and oxygen atoms in total. The Hall–Kier alpha value is -4.40. The van der Waals surface area contributed by atoms with E-state index in [2.05, 4.69) is 36.6 Å². The number of carbonyl (C=O) groups excluding carboxylic acids is 2. The van der Waals surface area contributed by atoms with E-state index in [-0.39, 0.29) is 24.9 Å². The number of para-hydroxylation sites is 2. The molecule has 6 rings (SSSR count). The number of aryl methyl sites for hydroxylation is 2. The molecule has 0 unspecified atom stereocenters. The third-order valence-electron chi connectivity index (χ3n) is 6.60. The zero-order chi connectivity index (χ0) is 27.6. The first-order chi connectivity index (χ1) is 19.5. The molecule has 0 fully saturated rings. The number of hydrogen-bond acceptors (Lipinski definition) is 6. The second-order valence-electron chi connectivity index (χ2n) is 9.48. The number of carbonyl (C=O) groups is 2. The number of nitrogens with one attached hydrogen (secondary N) is 2. The number of fused-ring (bicyclic) bond motifs is 2. The Morgan fingerprint density at radius 2 is 1.05 bits per heavy atom. The molecule has 4 heterocycles. The molecule has 198 valence electrons. The van der Waals surface area contributed by atoms with Crippen molar-refractivity contribution in [3.63, 3.8) is 0 Å². The lowest BCUT2D eigenvalue weighted by atomic mass is 10.1. The molecule has 0 atom stereocenters. The number of hydrogen-bond donors (Lipinski definition) is 2. The van der Waals surface area contributed by atoms with Gasteiger partial charge in [0.25, 0.3) is 11.8 Å². The lowest BCUT2D eigenvalue weighted by molar-refractivity contribution is 0.0929. The molecule has 8 heteroatoms. The molecule has 2 amide bonds. The fourth-order valence-electron chi connectivity index (χ4n) is 4.67. The van der Waals surface area contributed by atoms with Crippen molar-refractivity contribution < 1.29 is 9.59 Å². The van der Waals surface area contributed by atoms with Crippen LogP contribution in [0.15, 0.2) is 84.9 Å². The van der Waals surface area contributed by atoms with Crippen LogP contribution in [0.2, 0.25) is 0 Å². The van der Waals surface area contributed by atoms with Gasteiger partial charge in [-0.3, -0.25) is 9.59 Å². The molecule has 40 heavy (non-hydrogen) atoms. The fourth-order valence-corrected chi connectivity index (χ4v) is 6.32. The normalized spacial score (nSPS) is 11.2. The van der Waals surface area contributed by atoms with E-state index in [9.17, 15) is 9.59 Å². The summed E-state index contributed by atoms with van der Waals surface area (Å²) < 4.78 is 0. The number of rotatable bonds is 7. The van der Waals surface area contributed by atoms with Crippen molar-refractivity contribution in [3.8, 4) is 21.1 Å². The smallest absolute Gasteiger partial charge is 0.252 e. The van der Waals surface area contributed by atoms with Crippen molar-refractivity contribution in [2.75, 3.05) is 13.1 Å². The summed E-state index contributed by atoms with van der Waals surface area (Å²) in [4.78, 5) is 40.5. The molecule has 0 bridgehead atoms. The molecule has 2 N–H and O–H groups in total. The Bertz CT molecular complexity index is 1750. The SMILES string of the molecule is Cc1ccc(-c2cc(C(=O)NCCNC(=O)c3cc(-c4ccc(C)s4)nc4ccccc34)c3ccccc3n2)s1. The van der Waals surface area contributed by atoms with E-state index in [0.29, 0.717) is 11.1 Å². The maximum absolute atomic E-state index is 13.3. The third-order valence-corrected chi connectivity index (χ3v) is 8.65. The van der Waals surface area contributed by atoms with Crippen LogP contribution in [0.25, 0.3) is 42.9 Å². The average molecular weight is 563 g/mol. The molecular formula is C32H26N4O2S2. The topological polar surface area (TPSA) is 84.0 Å². The summed E-state index contributed by atoms with van der Waals surface area (Å²) in [6.45, 7) is 4.68. The van der Waals surface area contributed by atoms with E-state index in [1.807, 2.05) is 72.8 Å². The first kappa shape index (κ1) is 25.9. The van der Waals surface area contributed by atoms with Gasteiger partial charge in [-0.15, -0.1) is 22.7 Å². The van der Waals surface area contributed by atoms with Crippen LogP contribution < -0.4 is 10.6 Å². The Balaban J connectivity index is 1.18. The van der Waals surface area contributed by atoms with Gasteiger partial charge in [0, 0.05) is 33.6 Å². The summed E-state index contributed by atoms with van der Waals surface area (Å²) in [6, 6.07) is 27.2. The van der Waals surface area contributed by atoms with E-state index in [4.69, 9.17) is 9.97 Å². The highest BCUT2D eigenvalue weighted by molar-refractivity contribution is 7.15. The van der Waals surface area contributed by atoms with Crippen molar-refractivity contribution in [2.45, 2.75) is 13.8 Å². The number of pyridine rings is 2. The third kappa shape index (κ3) is 5.23. The van der Waals surface area contributed by atoms with Crippen LogP contribution in [0.5, 0.6) is 0 Å². The predicted octanol–water partition coefficient (Wildman–Crippen LogP) is 7.02. The molecule has 0 aliphatic rings. The average Bonchev–Trinajstić information content (AvgIpc) is 3.62. The molecule has 0 radical (unpaired) electrons. The minimum atomic E-state index is -0.202. The van der Waals surface area contributed by atoms with Crippen molar-refractivity contribution in [1.29, 1.82) is 0 Å². The molecule has 6 aromatic rings. The molecule has 0 saturated carbocycles. The zero-order valence-corrected chi connectivity index (χ0v) is 23.7. The standard InChI is InChI=1S/C32H26N4O2S2/c1-19-11-13-29(39-19)27-17-23(21-7-3-5-9-25(21)35-27)31(37)33-15-16-34-32(38)24-18-28(30-14-12-20(2)40-30)36-26-10-6-4-8-22(24)26/h3-14,17-18H,15-16H2,1-2H3,(H,33,37)(H,34,38). The fraction of sp³-hybridized carbons (Fsp3) is 0.125. The molecule has 4 aromatic heterocycles. The van der Waals surface area contributed by atoms with Gasteiger partial charge in [0.05, 0.1) is 43.3 Å². The van der Waals surface area contributed by atoms with Crippen LogP contribution in [0, 0.1) is 13.8 Å². The highest BCUT2D eigenvalue weighted by atomic mass is 32.1. The van der Waals surface area contributed by atoms with Gasteiger partial charge < -0.3 is 10.6 Å². The van der Waals surface area contributed by atoms with E-state index < -0.39 is 0 Å². The highest BCUT2D eigenvalue weighted by Gasteiger charge is 2.16. The molecule has 2 aromatic carbocycles. The first-order valence-corrected chi connectivity index (χ1v) is 14.6. The number of nitrogens with zero attached hydrogens (tertiary/aromatic N) is 2. The Morgan fingerprint density at radius 1 is 0.625 bits per heavy atom. The first-order valence-electron chi connectivity index (χ1n) is 13.0. The van der Waals surface area contributed by atoms with E-state index in [0.717, 1.165) is 42.9 Å². The van der Waals surface area contributed by atoms with Gasteiger partial charge in [-0.05, 0) is 62.4 Å². The van der Waals surface area contributed by atoms with Gasteiger partial charge in [-0.2, -0.15) is 0 Å². The lowest BCUT2D eigenvalue weighted by Gasteiger charge is -2.12. The van der Waals surface area contributed by atoms with Crippen LogP contribution in [0.4, 0.5) is 0 Å². The molecule has 0 spiro atoms. The second-order valence-corrected chi connectivity index (χ2v) is 12.1. The summed E-state index contributed by atoms with van der Waals surface area (Å²) in [7, 11) is 0. The predicted molar refractivity (Wildman–Crippen MR) is 164 cm³/mol. The van der Waals surface area contributed by atoms with Crippen LogP contribution in [-0.4, -0.2) is 34.9 Å². The number of thiophene rings is 2. The van der Waals surface area contributed by atoms with Gasteiger partial charge in [0.2, 0.25) is 0 Å². The Morgan fingerprint density at radius 3 is 1.45 bits per heavy atom. The number of aromatic nitrogens is 2. The van der Waals surface area contributed by atoms with Gasteiger partial charge in [0.15, 0.2) is 0 Å². The number of amides is 2. The van der Waals surface area contributed by atoms with Crippen molar-refractivity contribution >= 4 is 56.3 Å². The van der Waals surface area contributed by atoms with Gasteiger partial charge in [-0.1, -0.05) is 36.4 Å². The summed E-state index contributed by atoms with van der Waals surface area (Å²) in [5.74, 6) is -0.404. The van der Waals surface area contributed by atoms with Crippen molar-refractivity contribution in [2.24, 2.45) is 0 Å². The number of benzene rings is 2. The largest absolute Gasteiger partial charge is 0.350 e. The summed E-state index contributed by atoms with van der Waals surface area (Å²) >= 11 is 3.30. The zero-order valence-electron chi connectivity index (χ0n) is 22.0. The van der Waals surface area contributed by atoms with Crippen LogP contribution in [-0.2, 0) is 0 Å². The molecule has 0 aliphatic carbocycles. The Labute approximate surface area is 239 Å². The quantitative estimate of drug-likeness (QED) is 0.205. The van der Waals surface area contributed by atoms with Crippen molar-refractivity contribution in [1.82, 2.24) is 20.6 Å². The monoisotopic (exact) mass is 562 g/mol. The molecule has 0 saturated heterocycles.